The zero-order chi connectivity index (χ0) is 12.5. The number of carbonyl (C=O) groups is 1. The fourth-order valence-corrected chi connectivity index (χ4v) is 2.00. The minimum atomic E-state index is 0.221. The van der Waals surface area contributed by atoms with Gasteiger partial charge in [0, 0.05) is 13.5 Å². The van der Waals surface area contributed by atoms with Crippen molar-refractivity contribution in [3.05, 3.63) is 18.2 Å². The van der Waals surface area contributed by atoms with Crippen molar-refractivity contribution in [2.45, 2.75) is 58.3 Å². The monoisotopic (exact) mass is 236 g/mol. The number of unbranched alkanes of at least 4 members (excludes halogenated alkanes) is 6. The van der Waals surface area contributed by atoms with Crippen molar-refractivity contribution >= 4 is 5.78 Å². The molecule has 0 radical (unpaired) electrons. The number of aromatic nitrogens is 2. The van der Waals surface area contributed by atoms with Crippen molar-refractivity contribution in [2.75, 3.05) is 0 Å². The van der Waals surface area contributed by atoms with E-state index in [1.54, 1.807) is 17.1 Å². The molecule has 0 N–H and O–H groups in total. The number of Topliss-reactive ketones (excluding diaryl/α,β-unsaturated/α-hetero) is 1. The van der Waals surface area contributed by atoms with E-state index in [4.69, 9.17) is 0 Å². The van der Waals surface area contributed by atoms with Crippen molar-refractivity contribution in [2.24, 2.45) is 7.05 Å². The molecule has 0 aliphatic rings. The molecule has 96 valence electrons. The van der Waals surface area contributed by atoms with Gasteiger partial charge in [0.25, 0.3) is 0 Å². The van der Waals surface area contributed by atoms with Crippen LogP contribution in [0.25, 0.3) is 0 Å². The quantitative estimate of drug-likeness (QED) is 0.483. The summed E-state index contributed by atoms with van der Waals surface area (Å²) in [5, 5.41) is 0. The predicted octanol–water partition coefficient (Wildman–Crippen LogP) is 3.74. The Morgan fingerprint density at radius 1 is 1.18 bits per heavy atom. The van der Waals surface area contributed by atoms with Gasteiger partial charge in [0.05, 0.1) is 12.5 Å². The molecule has 0 spiro atoms. The second-order valence-electron chi connectivity index (χ2n) is 4.68. The summed E-state index contributed by atoms with van der Waals surface area (Å²) in [6, 6.07) is 0. The molecule has 0 atom stereocenters. The molecule has 3 heteroatoms. The van der Waals surface area contributed by atoms with E-state index in [-0.39, 0.29) is 5.78 Å². The van der Waals surface area contributed by atoms with E-state index in [0.717, 1.165) is 12.1 Å². The third-order valence-electron chi connectivity index (χ3n) is 3.11. The third kappa shape index (κ3) is 5.16. The smallest absolute Gasteiger partial charge is 0.180 e. The van der Waals surface area contributed by atoms with E-state index in [1.807, 2.05) is 7.05 Å². The minimum absolute atomic E-state index is 0.221. The topological polar surface area (TPSA) is 34.9 Å². The number of rotatable bonds is 9. The lowest BCUT2D eigenvalue weighted by atomic mass is 10.1. The number of nitrogens with zero attached hydrogens (tertiary/aromatic N) is 2. The standard InChI is InChI=1S/C14H24N2O/c1-3-4-5-6-7-8-9-10-14(17)13-11-15-12-16(13)2/h11-12H,3-10H2,1-2H3. The van der Waals surface area contributed by atoms with Crippen molar-refractivity contribution in [3.63, 3.8) is 0 Å². The van der Waals surface area contributed by atoms with Gasteiger partial charge in [-0.25, -0.2) is 4.98 Å². The zero-order valence-corrected chi connectivity index (χ0v) is 11.1. The van der Waals surface area contributed by atoms with Gasteiger partial charge in [-0.05, 0) is 6.42 Å². The van der Waals surface area contributed by atoms with Crippen LogP contribution in [0.3, 0.4) is 0 Å². The molecule has 0 unspecified atom stereocenters. The molecule has 0 aliphatic heterocycles. The van der Waals surface area contributed by atoms with Gasteiger partial charge in [0.2, 0.25) is 0 Å². The molecule has 0 aliphatic carbocycles. The molecular weight excluding hydrogens is 212 g/mol. The number of imidazole rings is 1. The first-order valence-corrected chi connectivity index (χ1v) is 6.75. The van der Waals surface area contributed by atoms with Crippen LogP contribution >= 0.6 is 0 Å². The lowest BCUT2D eigenvalue weighted by molar-refractivity contribution is 0.0971. The maximum atomic E-state index is 11.8. The summed E-state index contributed by atoms with van der Waals surface area (Å²) in [4.78, 5) is 15.8. The highest BCUT2D eigenvalue weighted by atomic mass is 16.1. The van der Waals surface area contributed by atoms with Gasteiger partial charge in [-0.3, -0.25) is 4.79 Å². The Hall–Kier alpha value is -1.12. The molecule has 1 aromatic rings. The van der Waals surface area contributed by atoms with Crippen molar-refractivity contribution in [3.8, 4) is 0 Å². The first-order chi connectivity index (χ1) is 8.25. The summed E-state index contributed by atoms with van der Waals surface area (Å²) in [7, 11) is 1.87. The highest BCUT2D eigenvalue weighted by molar-refractivity contribution is 5.94. The molecule has 0 aromatic carbocycles. The van der Waals surface area contributed by atoms with E-state index in [1.165, 1.54) is 38.5 Å². The van der Waals surface area contributed by atoms with Gasteiger partial charge in [-0.2, -0.15) is 0 Å². The van der Waals surface area contributed by atoms with E-state index in [9.17, 15) is 4.79 Å². The Labute approximate surface area is 104 Å². The van der Waals surface area contributed by atoms with Crippen molar-refractivity contribution in [1.82, 2.24) is 9.55 Å². The molecule has 0 amide bonds. The fraction of sp³-hybridized carbons (Fsp3) is 0.714. The van der Waals surface area contributed by atoms with Crippen LogP contribution in [0.4, 0.5) is 0 Å². The number of hydrogen-bond donors (Lipinski definition) is 0. The van der Waals surface area contributed by atoms with Gasteiger partial charge in [0.1, 0.15) is 5.69 Å². The molecule has 0 saturated heterocycles. The molecular formula is C14H24N2O. The lowest BCUT2D eigenvalue weighted by Gasteiger charge is -2.02. The Balaban J connectivity index is 2.07. The van der Waals surface area contributed by atoms with Crippen molar-refractivity contribution < 1.29 is 4.79 Å². The van der Waals surface area contributed by atoms with Crippen LogP contribution in [0, 0.1) is 0 Å². The summed E-state index contributed by atoms with van der Waals surface area (Å²) >= 11 is 0. The Bertz CT molecular complexity index is 331. The second-order valence-corrected chi connectivity index (χ2v) is 4.68. The van der Waals surface area contributed by atoms with Crippen LogP contribution < -0.4 is 0 Å². The van der Waals surface area contributed by atoms with Gasteiger partial charge in [-0.15, -0.1) is 0 Å². The molecule has 0 fully saturated rings. The van der Waals surface area contributed by atoms with E-state index >= 15 is 0 Å². The molecule has 1 aromatic heterocycles. The van der Waals surface area contributed by atoms with Crippen LogP contribution in [0.1, 0.15) is 68.8 Å². The van der Waals surface area contributed by atoms with Crippen LogP contribution in [0.5, 0.6) is 0 Å². The first-order valence-electron chi connectivity index (χ1n) is 6.75. The summed E-state index contributed by atoms with van der Waals surface area (Å²) < 4.78 is 1.80. The summed E-state index contributed by atoms with van der Waals surface area (Å²) in [5.41, 5.74) is 0.732. The van der Waals surface area contributed by atoms with Crippen LogP contribution in [0.2, 0.25) is 0 Å². The average molecular weight is 236 g/mol. The molecule has 1 rings (SSSR count). The second kappa shape index (κ2) is 8.04. The molecule has 1 heterocycles. The number of carbonyl (C=O) groups excluding carboxylic acids is 1. The van der Waals surface area contributed by atoms with Crippen LogP contribution in [-0.2, 0) is 7.05 Å². The Morgan fingerprint density at radius 2 is 1.82 bits per heavy atom. The van der Waals surface area contributed by atoms with Gasteiger partial charge < -0.3 is 4.57 Å². The van der Waals surface area contributed by atoms with Gasteiger partial charge in [-0.1, -0.05) is 45.4 Å². The summed E-state index contributed by atoms with van der Waals surface area (Å²) in [5.74, 6) is 0.221. The summed E-state index contributed by atoms with van der Waals surface area (Å²) in [6.07, 6.45) is 12.7. The largest absolute Gasteiger partial charge is 0.331 e. The van der Waals surface area contributed by atoms with Crippen LogP contribution in [0.15, 0.2) is 12.5 Å². The average Bonchev–Trinajstić information content (AvgIpc) is 2.74. The van der Waals surface area contributed by atoms with E-state index in [2.05, 4.69) is 11.9 Å². The maximum absolute atomic E-state index is 11.8. The SMILES string of the molecule is CCCCCCCCCC(=O)c1cncn1C. The molecule has 3 nitrogen and oxygen atoms in total. The normalized spacial score (nSPS) is 10.7. The van der Waals surface area contributed by atoms with Crippen molar-refractivity contribution in [1.29, 1.82) is 0 Å². The zero-order valence-electron chi connectivity index (χ0n) is 11.1. The number of ketones is 1. The van der Waals surface area contributed by atoms with Gasteiger partial charge >= 0.3 is 0 Å². The third-order valence-corrected chi connectivity index (χ3v) is 3.11. The van der Waals surface area contributed by atoms with E-state index < -0.39 is 0 Å². The van der Waals surface area contributed by atoms with E-state index in [0.29, 0.717) is 6.42 Å². The molecule has 0 bridgehead atoms. The highest BCUT2D eigenvalue weighted by Gasteiger charge is 2.08. The Kier molecular flexibility index (Phi) is 6.60. The highest BCUT2D eigenvalue weighted by Crippen LogP contribution is 2.10. The predicted molar refractivity (Wildman–Crippen MR) is 70.1 cm³/mol. The number of hydrogen-bond acceptors (Lipinski definition) is 2. The number of aryl methyl sites for hydroxylation is 1. The molecule has 17 heavy (non-hydrogen) atoms. The van der Waals surface area contributed by atoms with Crippen LogP contribution in [-0.4, -0.2) is 15.3 Å². The summed E-state index contributed by atoms with van der Waals surface area (Å²) in [6.45, 7) is 2.23. The van der Waals surface area contributed by atoms with Gasteiger partial charge in [0.15, 0.2) is 5.78 Å². The molecule has 0 saturated carbocycles. The maximum Gasteiger partial charge on any atom is 0.180 e. The lowest BCUT2D eigenvalue weighted by Crippen LogP contribution is -2.04. The first kappa shape index (κ1) is 13.9. The fourth-order valence-electron chi connectivity index (χ4n) is 2.00. The minimum Gasteiger partial charge on any atom is -0.331 e. The Morgan fingerprint density at radius 3 is 2.41 bits per heavy atom.